The number of nitrogens with one attached hydrogen (secondary N) is 2. The van der Waals surface area contributed by atoms with Gasteiger partial charge in [0.05, 0.1) is 0 Å². The molecule has 1 aromatic rings. The van der Waals surface area contributed by atoms with Crippen LogP contribution < -0.4 is 10.6 Å². The van der Waals surface area contributed by atoms with Gasteiger partial charge < -0.3 is 20.2 Å². The van der Waals surface area contributed by atoms with E-state index < -0.39 is 0 Å². The van der Waals surface area contributed by atoms with E-state index in [0.29, 0.717) is 13.0 Å². The van der Waals surface area contributed by atoms with Gasteiger partial charge >= 0.3 is 6.03 Å². The molecular formula is C13H22N2O3S. The van der Waals surface area contributed by atoms with E-state index in [9.17, 15) is 4.79 Å². The molecule has 0 aliphatic carbocycles. The molecule has 6 heteroatoms. The Morgan fingerprint density at radius 1 is 1.53 bits per heavy atom. The third-order valence-corrected chi connectivity index (χ3v) is 3.50. The zero-order valence-electron chi connectivity index (χ0n) is 11.7. The summed E-state index contributed by atoms with van der Waals surface area (Å²) in [4.78, 5) is 11.8. The predicted octanol–water partition coefficient (Wildman–Crippen LogP) is 1.81. The summed E-state index contributed by atoms with van der Waals surface area (Å²) in [6.07, 6.45) is 2.54. The first-order chi connectivity index (χ1) is 9.06. The van der Waals surface area contributed by atoms with Crippen molar-refractivity contribution in [3.8, 4) is 0 Å². The number of thioether (sulfide) groups is 1. The minimum absolute atomic E-state index is 0.00724. The average Bonchev–Trinajstić information content (AvgIpc) is 2.66. The van der Waals surface area contributed by atoms with Crippen LogP contribution in [0.1, 0.15) is 23.5 Å². The van der Waals surface area contributed by atoms with Gasteiger partial charge in [0.1, 0.15) is 11.5 Å². The van der Waals surface area contributed by atoms with E-state index in [1.54, 1.807) is 11.8 Å². The first-order valence-corrected chi connectivity index (χ1v) is 7.66. The lowest BCUT2D eigenvalue weighted by Crippen LogP contribution is -2.43. The Bertz CT molecular complexity index is 401. The molecule has 0 aliphatic rings. The van der Waals surface area contributed by atoms with Crippen LogP contribution in [0.5, 0.6) is 0 Å². The van der Waals surface area contributed by atoms with Crippen molar-refractivity contribution in [1.82, 2.24) is 10.6 Å². The molecule has 1 heterocycles. The number of hydrogen-bond acceptors (Lipinski definition) is 4. The molecule has 1 atom stereocenters. The lowest BCUT2D eigenvalue weighted by atomic mass is 10.2. The van der Waals surface area contributed by atoms with Crippen molar-refractivity contribution >= 4 is 17.8 Å². The van der Waals surface area contributed by atoms with Gasteiger partial charge in [0.2, 0.25) is 0 Å². The summed E-state index contributed by atoms with van der Waals surface area (Å²) in [6.45, 7) is 4.28. The molecule has 5 nitrogen and oxygen atoms in total. The maximum Gasteiger partial charge on any atom is 0.315 e. The van der Waals surface area contributed by atoms with Gasteiger partial charge in [0.15, 0.2) is 0 Å². The second-order valence-electron chi connectivity index (χ2n) is 4.43. The molecule has 0 saturated heterocycles. The molecule has 0 bridgehead atoms. The number of carbonyl (C=O) groups is 1. The third-order valence-electron chi connectivity index (χ3n) is 2.76. The first-order valence-electron chi connectivity index (χ1n) is 6.27. The van der Waals surface area contributed by atoms with Crippen molar-refractivity contribution in [2.24, 2.45) is 0 Å². The minimum Gasteiger partial charge on any atom is -0.466 e. The average molecular weight is 286 g/mol. The summed E-state index contributed by atoms with van der Waals surface area (Å²) in [5.41, 5.74) is 0.983. The maximum absolute atomic E-state index is 11.8. The molecule has 19 heavy (non-hydrogen) atoms. The molecule has 0 saturated carbocycles. The van der Waals surface area contributed by atoms with Crippen molar-refractivity contribution in [2.45, 2.75) is 32.9 Å². The van der Waals surface area contributed by atoms with Crippen LogP contribution in [0.25, 0.3) is 0 Å². The second-order valence-corrected chi connectivity index (χ2v) is 5.34. The lowest BCUT2D eigenvalue weighted by Gasteiger charge is -2.17. The SMILES string of the molecule is CSCC(CCO)NC(=O)NCc1cc(C)oc1C. The van der Waals surface area contributed by atoms with E-state index >= 15 is 0 Å². The molecule has 0 radical (unpaired) electrons. The normalized spacial score (nSPS) is 12.2. The number of rotatable bonds is 7. The van der Waals surface area contributed by atoms with Gasteiger partial charge in [-0.05, 0) is 32.6 Å². The van der Waals surface area contributed by atoms with E-state index in [4.69, 9.17) is 9.52 Å². The highest BCUT2D eigenvalue weighted by atomic mass is 32.2. The van der Waals surface area contributed by atoms with Gasteiger partial charge in [-0.2, -0.15) is 11.8 Å². The molecule has 1 aromatic heterocycles. The fraction of sp³-hybridized carbons (Fsp3) is 0.615. The van der Waals surface area contributed by atoms with E-state index in [0.717, 1.165) is 22.8 Å². The lowest BCUT2D eigenvalue weighted by molar-refractivity contribution is 0.231. The zero-order valence-corrected chi connectivity index (χ0v) is 12.5. The largest absolute Gasteiger partial charge is 0.466 e. The summed E-state index contributed by atoms with van der Waals surface area (Å²) >= 11 is 1.64. The van der Waals surface area contributed by atoms with E-state index in [2.05, 4.69) is 10.6 Å². The van der Waals surface area contributed by atoms with Crippen LogP contribution >= 0.6 is 11.8 Å². The van der Waals surface area contributed by atoms with Crippen LogP contribution in [0.4, 0.5) is 4.79 Å². The number of urea groups is 1. The van der Waals surface area contributed by atoms with Crippen molar-refractivity contribution in [3.05, 3.63) is 23.2 Å². The minimum atomic E-state index is -0.217. The Morgan fingerprint density at radius 2 is 2.26 bits per heavy atom. The number of carbonyl (C=O) groups excluding carboxylic acids is 1. The molecule has 1 unspecified atom stereocenters. The summed E-state index contributed by atoms with van der Waals surface area (Å²) < 4.78 is 5.40. The fourth-order valence-electron chi connectivity index (χ4n) is 1.83. The van der Waals surface area contributed by atoms with Crippen LogP contribution in [0.2, 0.25) is 0 Å². The van der Waals surface area contributed by atoms with Crippen LogP contribution in [-0.2, 0) is 6.54 Å². The molecule has 2 amide bonds. The number of aryl methyl sites for hydroxylation is 2. The van der Waals surface area contributed by atoms with Gasteiger partial charge in [-0.15, -0.1) is 0 Å². The van der Waals surface area contributed by atoms with Crippen LogP contribution in [-0.4, -0.2) is 35.8 Å². The fourth-order valence-corrected chi connectivity index (χ4v) is 2.48. The number of aliphatic hydroxyl groups is 1. The van der Waals surface area contributed by atoms with Gasteiger partial charge in [-0.1, -0.05) is 0 Å². The second kappa shape index (κ2) is 8.12. The van der Waals surface area contributed by atoms with Gasteiger partial charge in [-0.25, -0.2) is 4.79 Å². The molecular weight excluding hydrogens is 264 g/mol. The highest BCUT2D eigenvalue weighted by Crippen LogP contribution is 2.13. The van der Waals surface area contributed by atoms with Crippen molar-refractivity contribution in [1.29, 1.82) is 0 Å². The molecule has 3 N–H and O–H groups in total. The number of furan rings is 1. The number of amides is 2. The maximum atomic E-state index is 11.8. The molecule has 108 valence electrons. The van der Waals surface area contributed by atoms with Crippen LogP contribution in [0, 0.1) is 13.8 Å². The quantitative estimate of drug-likeness (QED) is 0.714. The highest BCUT2D eigenvalue weighted by molar-refractivity contribution is 7.98. The van der Waals surface area contributed by atoms with Gasteiger partial charge in [0.25, 0.3) is 0 Å². The van der Waals surface area contributed by atoms with Crippen molar-refractivity contribution in [2.75, 3.05) is 18.6 Å². The first kappa shape index (κ1) is 15.9. The van der Waals surface area contributed by atoms with Crippen LogP contribution in [0.3, 0.4) is 0 Å². The van der Waals surface area contributed by atoms with Crippen molar-refractivity contribution in [3.63, 3.8) is 0 Å². The Kier molecular flexibility index (Phi) is 6.80. The van der Waals surface area contributed by atoms with Gasteiger partial charge in [-0.3, -0.25) is 0 Å². The Labute approximate surface area is 118 Å². The Morgan fingerprint density at radius 3 is 2.79 bits per heavy atom. The van der Waals surface area contributed by atoms with E-state index in [-0.39, 0.29) is 18.7 Å². The summed E-state index contributed by atoms with van der Waals surface area (Å²) in [6, 6.07) is 1.70. The smallest absolute Gasteiger partial charge is 0.315 e. The number of aliphatic hydroxyl groups excluding tert-OH is 1. The predicted molar refractivity (Wildman–Crippen MR) is 77.4 cm³/mol. The molecule has 0 fully saturated rings. The van der Waals surface area contributed by atoms with E-state index in [1.165, 1.54) is 0 Å². The van der Waals surface area contributed by atoms with Gasteiger partial charge in [0, 0.05) is 30.5 Å². The monoisotopic (exact) mass is 286 g/mol. The van der Waals surface area contributed by atoms with E-state index in [1.807, 2.05) is 26.2 Å². The Hall–Kier alpha value is -1.14. The standard InChI is InChI=1S/C13H22N2O3S/c1-9-6-11(10(2)18-9)7-14-13(17)15-12(4-5-16)8-19-3/h6,12,16H,4-5,7-8H2,1-3H3,(H2,14,15,17). The van der Waals surface area contributed by atoms with Crippen molar-refractivity contribution < 1.29 is 14.3 Å². The highest BCUT2D eigenvalue weighted by Gasteiger charge is 2.12. The molecule has 0 aliphatic heterocycles. The molecule has 1 rings (SSSR count). The molecule has 0 spiro atoms. The summed E-state index contributed by atoms with van der Waals surface area (Å²) in [7, 11) is 0. The molecule has 0 aromatic carbocycles. The summed E-state index contributed by atoms with van der Waals surface area (Å²) in [5, 5.41) is 14.6. The zero-order chi connectivity index (χ0) is 14.3. The number of hydrogen-bond donors (Lipinski definition) is 3. The third kappa shape index (κ3) is 5.57. The van der Waals surface area contributed by atoms with Crippen LogP contribution in [0.15, 0.2) is 10.5 Å². The topological polar surface area (TPSA) is 74.5 Å². The summed E-state index contributed by atoms with van der Waals surface area (Å²) in [5.74, 6) is 2.46. The Balaban J connectivity index is 2.40.